The van der Waals surface area contributed by atoms with Gasteiger partial charge in [0.25, 0.3) is 5.91 Å². The van der Waals surface area contributed by atoms with Gasteiger partial charge >= 0.3 is 0 Å². The van der Waals surface area contributed by atoms with Crippen molar-refractivity contribution in [2.45, 2.75) is 37.2 Å². The van der Waals surface area contributed by atoms with Crippen molar-refractivity contribution in [3.8, 4) is 0 Å². The van der Waals surface area contributed by atoms with Gasteiger partial charge in [0, 0.05) is 42.4 Å². The molecule has 5 rings (SSSR count). The lowest BCUT2D eigenvalue weighted by molar-refractivity contribution is -0.268. The first-order valence-corrected chi connectivity index (χ1v) is 14.1. The standard InChI is InChI=1S/C30H26F5N3O4S/c1-15-20(14-43-30-36-10-11-38(30)2)41-29(42-27(15)17-8-6-16(13-39)7-9-17)18-4-3-5-19(12-18)37-28(40)21-22(31)24(33)26(35)25(34)23(21)32/h3-12,15,20,27,29,39H,13-14H2,1-2H3,(H,37,40). The second-order valence-electron chi connectivity index (χ2n) is 9.98. The number of amides is 1. The van der Waals surface area contributed by atoms with E-state index in [1.807, 2.05) is 36.9 Å². The van der Waals surface area contributed by atoms with E-state index in [-0.39, 0.29) is 24.3 Å². The van der Waals surface area contributed by atoms with Crippen molar-refractivity contribution in [1.82, 2.24) is 9.55 Å². The molecule has 0 bridgehead atoms. The number of hydrogen-bond donors (Lipinski definition) is 2. The van der Waals surface area contributed by atoms with Gasteiger partial charge in [0.2, 0.25) is 5.82 Å². The first kappa shape index (κ1) is 30.7. The first-order valence-electron chi connectivity index (χ1n) is 13.1. The number of rotatable bonds is 8. The molecule has 1 aliphatic rings. The van der Waals surface area contributed by atoms with Crippen molar-refractivity contribution in [2.75, 3.05) is 11.1 Å². The molecule has 4 atom stereocenters. The Balaban J connectivity index is 1.42. The molecular formula is C30H26F5N3O4S. The molecule has 2 N–H and O–H groups in total. The maximum Gasteiger partial charge on any atom is 0.261 e. The van der Waals surface area contributed by atoms with Crippen LogP contribution in [-0.2, 0) is 23.1 Å². The molecule has 1 amide bonds. The van der Waals surface area contributed by atoms with E-state index >= 15 is 0 Å². The van der Waals surface area contributed by atoms with Gasteiger partial charge in [-0.05, 0) is 23.3 Å². The summed E-state index contributed by atoms with van der Waals surface area (Å²) in [6, 6.07) is 13.3. The molecular weight excluding hydrogens is 593 g/mol. The number of carbonyl (C=O) groups excluding carboxylic acids is 1. The summed E-state index contributed by atoms with van der Waals surface area (Å²) < 4.78 is 83.8. The fraction of sp³-hybridized carbons (Fsp3) is 0.267. The largest absolute Gasteiger partial charge is 0.392 e. The van der Waals surface area contributed by atoms with E-state index in [0.717, 1.165) is 16.3 Å². The number of nitrogens with zero attached hydrogens (tertiary/aromatic N) is 2. The third-order valence-corrected chi connectivity index (χ3v) is 8.28. The number of benzene rings is 3. The zero-order chi connectivity index (χ0) is 30.8. The Morgan fingerprint density at radius 1 is 0.977 bits per heavy atom. The Kier molecular flexibility index (Phi) is 9.16. The fourth-order valence-electron chi connectivity index (χ4n) is 4.72. The number of imidazole rings is 1. The maximum absolute atomic E-state index is 14.2. The van der Waals surface area contributed by atoms with Gasteiger partial charge in [-0.2, -0.15) is 0 Å². The van der Waals surface area contributed by atoms with Gasteiger partial charge in [-0.3, -0.25) is 4.79 Å². The van der Waals surface area contributed by atoms with Crippen LogP contribution in [0.25, 0.3) is 0 Å². The van der Waals surface area contributed by atoms with Crippen LogP contribution in [0.15, 0.2) is 66.1 Å². The molecule has 43 heavy (non-hydrogen) atoms. The van der Waals surface area contributed by atoms with E-state index in [1.165, 1.54) is 30.0 Å². The van der Waals surface area contributed by atoms with Crippen molar-refractivity contribution in [3.63, 3.8) is 0 Å². The minimum atomic E-state index is -2.36. The van der Waals surface area contributed by atoms with E-state index < -0.39 is 53.0 Å². The number of carbonyl (C=O) groups is 1. The molecule has 226 valence electrons. The summed E-state index contributed by atoms with van der Waals surface area (Å²) in [4.78, 5) is 17.0. The number of anilines is 1. The summed E-state index contributed by atoms with van der Waals surface area (Å²) in [6.45, 7) is 1.88. The van der Waals surface area contributed by atoms with Crippen LogP contribution in [0.4, 0.5) is 27.6 Å². The molecule has 4 aromatic rings. The van der Waals surface area contributed by atoms with Crippen LogP contribution in [0.2, 0.25) is 0 Å². The average molecular weight is 620 g/mol. The Hall–Kier alpha value is -3.78. The Labute approximate surface area is 247 Å². The van der Waals surface area contributed by atoms with E-state index in [1.54, 1.807) is 24.4 Å². The number of aryl methyl sites for hydroxylation is 1. The number of thioether (sulfide) groups is 1. The van der Waals surface area contributed by atoms with Crippen LogP contribution in [-0.4, -0.2) is 32.4 Å². The highest BCUT2D eigenvalue weighted by molar-refractivity contribution is 7.99. The topological polar surface area (TPSA) is 85.6 Å². The van der Waals surface area contributed by atoms with Crippen molar-refractivity contribution in [2.24, 2.45) is 13.0 Å². The highest BCUT2D eigenvalue weighted by Gasteiger charge is 2.39. The second kappa shape index (κ2) is 12.8. The Morgan fingerprint density at radius 2 is 1.65 bits per heavy atom. The quantitative estimate of drug-likeness (QED) is 0.102. The van der Waals surface area contributed by atoms with Crippen molar-refractivity contribution < 1.29 is 41.3 Å². The minimum Gasteiger partial charge on any atom is -0.392 e. The second-order valence-corrected chi connectivity index (χ2v) is 11.0. The molecule has 1 fully saturated rings. The first-order chi connectivity index (χ1) is 20.6. The third-order valence-electron chi connectivity index (χ3n) is 7.13. The molecule has 1 saturated heterocycles. The lowest BCUT2D eigenvalue weighted by atomic mass is 9.91. The molecule has 3 aromatic carbocycles. The van der Waals surface area contributed by atoms with E-state index in [0.29, 0.717) is 11.3 Å². The van der Waals surface area contributed by atoms with Gasteiger partial charge in [-0.25, -0.2) is 26.9 Å². The van der Waals surface area contributed by atoms with Crippen molar-refractivity contribution >= 4 is 23.4 Å². The van der Waals surface area contributed by atoms with Gasteiger partial charge in [0.15, 0.2) is 34.7 Å². The summed E-state index contributed by atoms with van der Waals surface area (Å²) in [5.74, 6) is -12.4. The summed E-state index contributed by atoms with van der Waals surface area (Å²) in [5.41, 5.74) is 0.435. The molecule has 1 aromatic heterocycles. The molecule has 0 radical (unpaired) electrons. The van der Waals surface area contributed by atoms with Crippen LogP contribution in [0.3, 0.4) is 0 Å². The molecule has 13 heteroatoms. The lowest BCUT2D eigenvalue weighted by Crippen LogP contribution is -2.38. The average Bonchev–Trinajstić information content (AvgIpc) is 3.43. The summed E-state index contributed by atoms with van der Waals surface area (Å²) >= 11 is 1.50. The predicted octanol–water partition coefficient (Wildman–Crippen LogP) is 6.44. The van der Waals surface area contributed by atoms with Crippen molar-refractivity contribution in [1.29, 1.82) is 0 Å². The Bertz CT molecular complexity index is 1610. The third kappa shape index (κ3) is 6.30. The van der Waals surface area contributed by atoms with Crippen LogP contribution in [0.5, 0.6) is 0 Å². The molecule has 4 unspecified atom stereocenters. The number of nitrogens with one attached hydrogen (secondary N) is 1. The van der Waals surface area contributed by atoms with E-state index in [9.17, 15) is 31.9 Å². The fourth-order valence-corrected chi connectivity index (χ4v) is 5.81. The zero-order valence-corrected chi connectivity index (χ0v) is 23.7. The predicted molar refractivity (Wildman–Crippen MR) is 148 cm³/mol. The van der Waals surface area contributed by atoms with Crippen LogP contribution in [0.1, 0.15) is 46.4 Å². The normalized spacial score (nSPS) is 20.3. The number of ether oxygens (including phenoxy) is 2. The highest BCUT2D eigenvalue weighted by Crippen LogP contribution is 2.43. The summed E-state index contributed by atoms with van der Waals surface area (Å²) in [7, 11) is 1.88. The summed E-state index contributed by atoms with van der Waals surface area (Å²) in [6.07, 6.45) is 1.80. The van der Waals surface area contributed by atoms with Gasteiger partial charge < -0.3 is 24.5 Å². The van der Waals surface area contributed by atoms with Crippen LogP contribution in [0, 0.1) is 35.0 Å². The SMILES string of the molecule is CC1C(CSc2nccn2C)OC(c2cccc(NC(=O)c3c(F)c(F)c(F)c(F)c3F)c2)OC1c1ccc(CO)cc1. The van der Waals surface area contributed by atoms with Gasteiger partial charge in [-0.1, -0.05) is 55.1 Å². The molecule has 0 spiro atoms. The molecule has 1 aliphatic heterocycles. The number of hydrogen-bond acceptors (Lipinski definition) is 6. The Morgan fingerprint density at radius 3 is 2.28 bits per heavy atom. The highest BCUT2D eigenvalue weighted by atomic mass is 32.2. The van der Waals surface area contributed by atoms with E-state index in [4.69, 9.17) is 9.47 Å². The number of halogens is 5. The molecule has 2 heterocycles. The van der Waals surface area contributed by atoms with Gasteiger partial charge in [0.1, 0.15) is 5.56 Å². The van der Waals surface area contributed by atoms with Crippen LogP contribution < -0.4 is 5.32 Å². The number of aliphatic hydroxyl groups excluding tert-OH is 1. The van der Waals surface area contributed by atoms with Crippen LogP contribution >= 0.6 is 11.8 Å². The summed E-state index contributed by atoms with van der Waals surface area (Å²) in [5, 5.41) is 12.4. The maximum atomic E-state index is 14.2. The monoisotopic (exact) mass is 619 g/mol. The molecule has 7 nitrogen and oxygen atoms in total. The smallest absolute Gasteiger partial charge is 0.261 e. The van der Waals surface area contributed by atoms with Crippen molar-refractivity contribution in [3.05, 3.63) is 112 Å². The zero-order valence-electron chi connectivity index (χ0n) is 22.9. The van der Waals surface area contributed by atoms with Gasteiger partial charge in [0.05, 0.1) is 18.8 Å². The lowest BCUT2D eigenvalue weighted by Gasteiger charge is -2.41. The minimum absolute atomic E-state index is 0.0139. The molecule has 0 aliphatic carbocycles. The van der Waals surface area contributed by atoms with Gasteiger partial charge in [-0.15, -0.1) is 0 Å². The number of aromatic nitrogens is 2. The molecule has 0 saturated carbocycles. The van der Waals surface area contributed by atoms with E-state index in [2.05, 4.69) is 10.3 Å². The number of aliphatic hydroxyl groups is 1.